The van der Waals surface area contributed by atoms with E-state index in [0.29, 0.717) is 41.2 Å². The predicted molar refractivity (Wildman–Crippen MR) is 113 cm³/mol. The number of nitrogens with zero attached hydrogens (tertiary/aromatic N) is 1. The molecule has 1 amide bonds. The molecule has 0 aliphatic rings. The minimum atomic E-state index is -0.592. The summed E-state index contributed by atoms with van der Waals surface area (Å²) in [5.74, 6) is 1.06. The van der Waals surface area contributed by atoms with Crippen LogP contribution in [0.5, 0.6) is 11.5 Å². The van der Waals surface area contributed by atoms with Gasteiger partial charge in [-0.25, -0.2) is 0 Å². The van der Waals surface area contributed by atoms with Crippen LogP contribution in [0.25, 0.3) is 0 Å². The highest BCUT2D eigenvalue weighted by Crippen LogP contribution is 2.30. The first-order valence-corrected chi connectivity index (χ1v) is 9.85. The van der Waals surface area contributed by atoms with E-state index in [-0.39, 0.29) is 5.91 Å². The number of nitrogens with one attached hydrogen (secondary N) is 1. The zero-order chi connectivity index (χ0) is 20.7. The van der Waals surface area contributed by atoms with E-state index >= 15 is 0 Å². The molecule has 0 heterocycles. The molecule has 0 spiro atoms. The fraction of sp³-hybridized carbons (Fsp3) is 0.381. The zero-order valence-electron chi connectivity index (χ0n) is 16.6. The molecule has 2 rings (SSSR count). The van der Waals surface area contributed by atoms with Gasteiger partial charge in [-0.3, -0.25) is 4.79 Å². The number of carbonyl (C=O) groups excluding carboxylic acids is 1. The summed E-state index contributed by atoms with van der Waals surface area (Å²) in [5.41, 5.74) is 2.01. The molecular formula is C21H26Cl2N2O3. The Balaban J connectivity index is 2.03. The molecular weight excluding hydrogens is 399 g/mol. The molecule has 0 aliphatic carbocycles. The van der Waals surface area contributed by atoms with Gasteiger partial charge in [0, 0.05) is 37.2 Å². The Labute approximate surface area is 176 Å². The maximum absolute atomic E-state index is 12.0. The van der Waals surface area contributed by atoms with Crippen molar-refractivity contribution in [2.24, 2.45) is 0 Å². The average Bonchev–Trinajstić information content (AvgIpc) is 2.64. The normalized spacial score (nSPS) is 11.8. The maximum Gasteiger partial charge on any atom is 0.262 e. The molecule has 0 saturated heterocycles. The van der Waals surface area contributed by atoms with Crippen LogP contribution < -0.4 is 14.8 Å². The highest BCUT2D eigenvalue weighted by atomic mass is 35.5. The standard InChI is InChI=1S/C21H26Cl2N2O3/c1-5-27-20-10-15(6-9-19(20)28-14(2)21(26)25(3)4)12-24-13-16-7-8-17(22)11-18(16)23/h6-11,14,24H,5,12-13H2,1-4H3. The van der Waals surface area contributed by atoms with Crippen molar-refractivity contribution in [1.29, 1.82) is 0 Å². The van der Waals surface area contributed by atoms with Crippen molar-refractivity contribution in [2.75, 3.05) is 20.7 Å². The molecule has 2 aromatic rings. The summed E-state index contributed by atoms with van der Waals surface area (Å²) in [6, 6.07) is 11.2. The Morgan fingerprint density at radius 2 is 1.86 bits per heavy atom. The number of amides is 1. The Morgan fingerprint density at radius 1 is 1.11 bits per heavy atom. The number of hydrogen-bond acceptors (Lipinski definition) is 4. The lowest BCUT2D eigenvalue weighted by atomic mass is 10.1. The summed E-state index contributed by atoms with van der Waals surface area (Å²) in [6.07, 6.45) is -0.592. The summed E-state index contributed by atoms with van der Waals surface area (Å²) in [4.78, 5) is 13.5. The molecule has 152 valence electrons. The summed E-state index contributed by atoms with van der Waals surface area (Å²) < 4.78 is 11.5. The molecule has 28 heavy (non-hydrogen) atoms. The third-order valence-electron chi connectivity index (χ3n) is 4.06. The second kappa shape index (κ2) is 10.6. The van der Waals surface area contributed by atoms with E-state index in [0.717, 1.165) is 11.1 Å². The third-order valence-corrected chi connectivity index (χ3v) is 4.65. The molecule has 0 aromatic heterocycles. The Bertz CT molecular complexity index is 812. The first-order valence-electron chi connectivity index (χ1n) is 9.10. The minimum Gasteiger partial charge on any atom is -0.490 e. The van der Waals surface area contributed by atoms with Gasteiger partial charge in [0.25, 0.3) is 5.91 Å². The van der Waals surface area contributed by atoms with Crippen molar-refractivity contribution in [2.45, 2.75) is 33.0 Å². The van der Waals surface area contributed by atoms with E-state index in [2.05, 4.69) is 5.32 Å². The Kier molecular flexibility index (Phi) is 8.42. The third kappa shape index (κ3) is 6.30. The van der Waals surface area contributed by atoms with Crippen LogP contribution in [0.15, 0.2) is 36.4 Å². The number of halogens is 2. The van der Waals surface area contributed by atoms with E-state index in [4.69, 9.17) is 32.7 Å². The number of hydrogen-bond donors (Lipinski definition) is 1. The van der Waals surface area contributed by atoms with Gasteiger partial charge in [-0.1, -0.05) is 35.3 Å². The van der Waals surface area contributed by atoms with E-state index in [9.17, 15) is 4.79 Å². The van der Waals surface area contributed by atoms with Gasteiger partial charge >= 0.3 is 0 Å². The van der Waals surface area contributed by atoms with Gasteiger partial charge in [-0.2, -0.15) is 0 Å². The first-order chi connectivity index (χ1) is 13.3. The van der Waals surface area contributed by atoms with E-state index in [1.807, 2.05) is 37.3 Å². The minimum absolute atomic E-state index is 0.104. The van der Waals surface area contributed by atoms with Crippen molar-refractivity contribution in [1.82, 2.24) is 10.2 Å². The van der Waals surface area contributed by atoms with Gasteiger partial charge in [-0.15, -0.1) is 0 Å². The molecule has 0 aliphatic heterocycles. The van der Waals surface area contributed by atoms with Crippen molar-refractivity contribution in [3.63, 3.8) is 0 Å². The highest BCUT2D eigenvalue weighted by Gasteiger charge is 2.18. The molecule has 0 radical (unpaired) electrons. The largest absolute Gasteiger partial charge is 0.490 e. The van der Waals surface area contributed by atoms with Gasteiger partial charge in [0.2, 0.25) is 0 Å². The van der Waals surface area contributed by atoms with Crippen LogP contribution in [0.3, 0.4) is 0 Å². The van der Waals surface area contributed by atoms with E-state index in [1.165, 1.54) is 4.90 Å². The molecule has 7 heteroatoms. The van der Waals surface area contributed by atoms with Crippen molar-refractivity contribution < 1.29 is 14.3 Å². The van der Waals surface area contributed by atoms with Crippen molar-refractivity contribution in [3.8, 4) is 11.5 Å². The van der Waals surface area contributed by atoms with E-state index < -0.39 is 6.10 Å². The van der Waals surface area contributed by atoms with Gasteiger partial charge in [-0.05, 0) is 49.2 Å². The maximum atomic E-state index is 12.0. The zero-order valence-corrected chi connectivity index (χ0v) is 18.1. The Hall–Kier alpha value is -1.95. The average molecular weight is 425 g/mol. The van der Waals surface area contributed by atoms with Crippen LogP contribution in [-0.4, -0.2) is 37.6 Å². The lowest BCUT2D eigenvalue weighted by molar-refractivity contribution is -0.135. The number of benzene rings is 2. The first kappa shape index (κ1) is 22.3. The Morgan fingerprint density at radius 3 is 2.50 bits per heavy atom. The molecule has 0 saturated carbocycles. The number of rotatable bonds is 9. The molecule has 0 bridgehead atoms. The second-order valence-electron chi connectivity index (χ2n) is 6.55. The van der Waals surface area contributed by atoms with Gasteiger partial charge in [0.1, 0.15) is 0 Å². The highest BCUT2D eigenvalue weighted by molar-refractivity contribution is 6.35. The topological polar surface area (TPSA) is 50.8 Å². The number of ether oxygens (including phenoxy) is 2. The van der Waals surface area contributed by atoms with Gasteiger partial charge < -0.3 is 19.7 Å². The molecule has 2 aromatic carbocycles. The van der Waals surface area contributed by atoms with E-state index in [1.54, 1.807) is 27.1 Å². The fourth-order valence-electron chi connectivity index (χ4n) is 2.64. The summed E-state index contributed by atoms with van der Waals surface area (Å²) in [5, 5.41) is 4.61. The summed E-state index contributed by atoms with van der Waals surface area (Å²) >= 11 is 12.1. The molecule has 5 nitrogen and oxygen atoms in total. The van der Waals surface area contributed by atoms with Crippen LogP contribution >= 0.6 is 23.2 Å². The molecule has 1 unspecified atom stereocenters. The second-order valence-corrected chi connectivity index (χ2v) is 7.39. The quantitative estimate of drug-likeness (QED) is 0.641. The smallest absolute Gasteiger partial charge is 0.262 e. The monoisotopic (exact) mass is 424 g/mol. The van der Waals surface area contributed by atoms with Gasteiger partial charge in [0.05, 0.1) is 6.61 Å². The predicted octanol–water partition coefficient (Wildman–Crippen LogP) is 4.54. The van der Waals surface area contributed by atoms with Crippen LogP contribution in [0.4, 0.5) is 0 Å². The van der Waals surface area contributed by atoms with Crippen molar-refractivity contribution in [3.05, 3.63) is 57.6 Å². The van der Waals surface area contributed by atoms with Crippen LogP contribution in [0, 0.1) is 0 Å². The molecule has 1 N–H and O–H groups in total. The van der Waals surface area contributed by atoms with Crippen LogP contribution in [-0.2, 0) is 17.9 Å². The number of carbonyl (C=O) groups is 1. The number of likely N-dealkylation sites (N-methyl/N-ethyl adjacent to an activating group) is 1. The summed E-state index contributed by atoms with van der Waals surface area (Å²) in [6.45, 7) is 5.39. The van der Waals surface area contributed by atoms with Crippen molar-refractivity contribution >= 4 is 29.1 Å². The lowest BCUT2D eigenvalue weighted by Gasteiger charge is -2.20. The van der Waals surface area contributed by atoms with Crippen LogP contribution in [0.1, 0.15) is 25.0 Å². The SMILES string of the molecule is CCOc1cc(CNCc2ccc(Cl)cc2Cl)ccc1OC(C)C(=O)N(C)C. The lowest BCUT2D eigenvalue weighted by Crippen LogP contribution is -2.35. The van der Waals surface area contributed by atoms with Crippen LogP contribution in [0.2, 0.25) is 10.0 Å². The summed E-state index contributed by atoms with van der Waals surface area (Å²) in [7, 11) is 3.40. The fourth-order valence-corrected chi connectivity index (χ4v) is 3.11. The molecule has 1 atom stereocenters. The van der Waals surface area contributed by atoms with Gasteiger partial charge in [0.15, 0.2) is 17.6 Å². The molecule has 0 fully saturated rings.